The normalized spacial score (nSPS) is 27.2. The molecule has 2 aliphatic rings. The van der Waals surface area contributed by atoms with Gasteiger partial charge in [0.05, 0.1) is 0 Å². The van der Waals surface area contributed by atoms with Crippen molar-refractivity contribution in [2.45, 2.75) is 24.4 Å². The SMILES string of the molecule is OC1c2cccc3c2-c2c(cc4ccccc4c2C(O)C3O)C1O. The number of hydrogen-bond donors (Lipinski definition) is 4. The highest BCUT2D eigenvalue weighted by Gasteiger charge is 2.41. The van der Waals surface area contributed by atoms with Crippen molar-refractivity contribution in [2.75, 3.05) is 0 Å². The first-order valence-electron chi connectivity index (χ1n) is 8.00. The Labute approximate surface area is 138 Å². The molecule has 4 unspecified atom stereocenters. The first-order valence-corrected chi connectivity index (χ1v) is 8.00. The summed E-state index contributed by atoms with van der Waals surface area (Å²) in [6, 6.07) is 14.7. The Balaban J connectivity index is 2.02. The van der Waals surface area contributed by atoms with E-state index in [4.69, 9.17) is 0 Å². The zero-order valence-electron chi connectivity index (χ0n) is 12.7. The molecular formula is C20H16O4. The minimum absolute atomic E-state index is 0.593. The second-order valence-electron chi connectivity index (χ2n) is 6.57. The topological polar surface area (TPSA) is 80.9 Å². The molecule has 3 aromatic rings. The second kappa shape index (κ2) is 4.65. The summed E-state index contributed by atoms with van der Waals surface area (Å²) in [6.45, 7) is 0. The van der Waals surface area contributed by atoms with Gasteiger partial charge in [-0.05, 0) is 50.2 Å². The van der Waals surface area contributed by atoms with Crippen LogP contribution in [0, 0.1) is 0 Å². The molecule has 0 saturated heterocycles. The van der Waals surface area contributed by atoms with Crippen LogP contribution in [-0.2, 0) is 0 Å². The van der Waals surface area contributed by atoms with Gasteiger partial charge in [0.1, 0.15) is 24.4 Å². The standard InChI is InChI=1S/C20H16O4/c21-17-11-6-3-7-12-14(11)15-13(19(17)23)8-9-4-1-2-5-10(9)16(15)20(24)18(12)22/h1-8,17-24H. The summed E-state index contributed by atoms with van der Waals surface area (Å²) in [5, 5.41) is 44.3. The Morgan fingerprint density at radius 1 is 0.583 bits per heavy atom. The van der Waals surface area contributed by atoms with Crippen LogP contribution in [0.25, 0.3) is 21.9 Å². The summed E-state index contributed by atoms with van der Waals surface area (Å²) >= 11 is 0. The van der Waals surface area contributed by atoms with Gasteiger partial charge in [0.2, 0.25) is 0 Å². The van der Waals surface area contributed by atoms with E-state index in [9.17, 15) is 20.4 Å². The minimum Gasteiger partial charge on any atom is -0.385 e. The Kier molecular flexibility index (Phi) is 2.74. The van der Waals surface area contributed by atoms with Gasteiger partial charge >= 0.3 is 0 Å². The lowest BCUT2D eigenvalue weighted by Gasteiger charge is -2.38. The maximum atomic E-state index is 10.8. The monoisotopic (exact) mass is 320 g/mol. The Morgan fingerprint density at radius 3 is 1.96 bits per heavy atom. The van der Waals surface area contributed by atoms with Gasteiger partial charge in [-0.25, -0.2) is 0 Å². The molecular weight excluding hydrogens is 304 g/mol. The van der Waals surface area contributed by atoms with Crippen molar-refractivity contribution in [3.63, 3.8) is 0 Å². The van der Waals surface area contributed by atoms with E-state index in [2.05, 4.69) is 0 Å². The first-order chi connectivity index (χ1) is 11.6. The van der Waals surface area contributed by atoms with Crippen molar-refractivity contribution in [2.24, 2.45) is 0 Å². The number of aliphatic hydroxyl groups is 4. The average molecular weight is 320 g/mol. The van der Waals surface area contributed by atoms with E-state index >= 15 is 0 Å². The number of rotatable bonds is 0. The third-order valence-electron chi connectivity index (χ3n) is 5.35. The summed E-state index contributed by atoms with van der Waals surface area (Å²) in [5.41, 5.74) is 3.90. The molecule has 4 N–H and O–H groups in total. The van der Waals surface area contributed by atoms with Crippen LogP contribution in [0.15, 0.2) is 48.5 Å². The molecule has 0 fully saturated rings. The fraction of sp³-hybridized carbons (Fsp3) is 0.200. The first kappa shape index (κ1) is 14.1. The van der Waals surface area contributed by atoms with E-state index in [1.165, 1.54) is 0 Å². The van der Waals surface area contributed by atoms with E-state index in [0.29, 0.717) is 22.3 Å². The van der Waals surface area contributed by atoms with Crippen LogP contribution in [-0.4, -0.2) is 20.4 Å². The molecule has 3 aromatic carbocycles. The quantitative estimate of drug-likeness (QED) is 0.513. The van der Waals surface area contributed by atoms with Crippen molar-refractivity contribution in [3.8, 4) is 11.1 Å². The Hall–Kier alpha value is -2.24. The number of aliphatic hydroxyl groups excluding tert-OH is 4. The minimum atomic E-state index is -1.07. The third kappa shape index (κ3) is 1.56. The molecule has 0 saturated carbocycles. The van der Waals surface area contributed by atoms with Crippen LogP contribution in [0.1, 0.15) is 46.7 Å². The molecule has 24 heavy (non-hydrogen) atoms. The molecule has 0 bridgehead atoms. The van der Waals surface area contributed by atoms with Gasteiger partial charge < -0.3 is 20.4 Å². The highest BCUT2D eigenvalue weighted by atomic mass is 16.3. The number of hydrogen-bond acceptors (Lipinski definition) is 4. The molecule has 0 aliphatic heterocycles. The van der Waals surface area contributed by atoms with Gasteiger partial charge in [-0.15, -0.1) is 0 Å². The molecule has 4 heteroatoms. The van der Waals surface area contributed by atoms with Gasteiger partial charge in [-0.2, -0.15) is 0 Å². The number of fused-ring (bicyclic) bond motifs is 2. The lowest BCUT2D eigenvalue weighted by atomic mass is 9.70. The van der Waals surface area contributed by atoms with Crippen LogP contribution in [0.3, 0.4) is 0 Å². The zero-order valence-corrected chi connectivity index (χ0v) is 12.7. The predicted molar refractivity (Wildman–Crippen MR) is 89.2 cm³/mol. The van der Waals surface area contributed by atoms with Gasteiger partial charge in [0, 0.05) is 0 Å². The molecule has 4 atom stereocenters. The fourth-order valence-corrected chi connectivity index (χ4v) is 4.26. The summed E-state index contributed by atoms with van der Waals surface area (Å²) in [4.78, 5) is 0. The summed E-state index contributed by atoms with van der Waals surface area (Å²) in [5.74, 6) is 0. The molecule has 0 spiro atoms. The second-order valence-corrected chi connectivity index (χ2v) is 6.57. The van der Waals surface area contributed by atoms with E-state index in [1.807, 2.05) is 30.3 Å². The molecule has 120 valence electrons. The Bertz CT molecular complexity index is 980. The van der Waals surface area contributed by atoms with E-state index in [0.717, 1.165) is 21.9 Å². The van der Waals surface area contributed by atoms with Gasteiger partial charge in [-0.1, -0.05) is 42.5 Å². The Morgan fingerprint density at radius 2 is 1.21 bits per heavy atom. The number of benzene rings is 3. The fourth-order valence-electron chi connectivity index (χ4n) is 4.26. The zero-order chi connectivity index (χ0) is 16.6. The van der Waals surface area contributed by atoms with Crippen molar-refractivity contribution in [1.29, 1.82) is 0 Å². The average Bonchev–Trinajstić information content (AvgIpc) is 2.62. The molecule has 0 heterocycles. The molecule has 0 radical (unpaired) electrons. The van der Waals surface area contributed by atoms with Crippen molar-refractivity contribution >= 4 is 10.8 Å². The highest BCUT2D eigenvalue weighted by Crippen LogP contribution is 2.56. The van der Waals surface area contributed by atoms with Crippen LogP contribution in [0.5, 0.6) is 0 Å². The van der Waals surface area contributed by atoms with E-state index < -0.39 is 24.4 Å². The lowest BCUT2D eigenvalue weighted by Crippen LogP contribution is -2.26. The molecule has 0 amide bonds. The maximum Gasteiger partial charge on any atom is 0.110 e. The highest BCUT2D eigenvalue weighted by molar-refractivity contribution is 5.97. The van der Waals surface area contributed by atoms with E-state index in [-0.39, 0.29) is 0 Å². The van der Waals surface area contributed by atoms with Crippen molar-refractivity contribution in [3.05, 3.63) is 70.8 Å². The lowest BCUT2D eigenvalue weighted by molar-refractivity contribution is 0.00662. The van der Waals surface area contributed by atoms with Crippen LogP contribution in [0.2, 0.25) is 0 Å². The van der Waals surface area contributed by atoms with Crippen molar-refractivity contribution in [1.82, 2.24) is 0 Å². The van der Waals surface area contributed by atoms with Crippen LogP contribution in [0.4, 0.5) is 0 Å². The summed E-state index contributed by atoms with van der Waals surface area (Å²) in [6.07, 6.45) is -4.25. The van der Waals surface area contributed by atoms with Crippen LogP contribution < -0.4 is 0 Å². The third-order valence-corrected chi connectivity index (χ3v) is 5.35. The predicted octanol–water partition coefficient (Wildman–Crippen LogP) is 2.67. The molecule has 0 aromatic heterocycles. The largest absolute Gasteiger partial charge is 0.385 e. The summed E-state index contributed by atoms with van der Waals surface area (Å²) < 4.78 is 0. The van der Waals surface area contributed by atoms with Crippen molar-refractivity contribution < 1.29 is 20.4 Å². The summed E-state index contributed by atoms with van der Waals surface area (Å²) in [7, 11) is 0. The van der Waals surface area contributed by atoms with Gasteiger partial charge in [0.15, 0.2) is 0 Å². The smallest absolute Gasteiger partial charge is 0.110 e. The van der Waals surface area contributed by atoms with Crippen LogP contribution >= 0.6 is 0 Å². The molecule has 5 rings (SSSR count). The van der Waals surface area contributed by atoms with Gasteiger partial charge in [-0.3, -0.25) is 0 Å². The maximum absolute atomic E-state index is 10.8. The molecule has 2 aliphatic carbocycles. The van der Waals surface area contributed by atoms with E-state index in [1.54, 1.807) is 18.2 Å². The molecule has 4 nitrogen and oxygen atoms in total. The van der Waals surface area contributed by atoms with Gasteiger partial charge in [0.25, 0.3) is 0 Å².